The highest BCUT2D eigenvalue weighted by Gasteiger charge is 2.12. The van der Waals surface area contributed by atoms with Crippen molar-refractivity contribution >= 4 is 23.2 Å². The Hall–Kier alpha value is -2.08. The number of hydrogen-bond acceptors (Lipinski definition) is 5. The summed E-state index contributed by atoms with van der Waals surface area (Å²) in [7, 11) is 0. The molecule has 1 amide bonds. The molecule has 0 aliphatic carbocycles. The molecule has 3 N–H and O–H groups in total. The van der Waals surface area contributed by atoms with E-state index in [1.165, 1.54) is 6.39 Å². The number of nitrogens with one attached hydrogen (secondary N) is 1. The lowest BCUT2D eigenvalue weighted by molar-refractivity contribution is 0.0950. The maximum atomic E-state index is 11.8. The smallest absolute Gasteiger partial charge is 0.253 e. The lowest BCUT2D eigenvalue weighted by Crippen LogP contribution is -2.23. The van der Waals surface area contributed by atoms with Crippen molar-refractivity contribution in [3.05, 3.63) is 41.0 Å². The first-order valence-corrected chi connectivity index (χ1v) is 5.13. The van der Waals surface area contributed by atoms with Crippen LogP contribution in [0, 0.1) is 0 Å². The van der Waals surface area contributed by atoms with Crippen LogP contribution in [0.25, 0.3) is 0 Å². The number of amides is 1. The van der Waals surface area contributed by atoms with E-state index in [1.54, 1.807) is 18.2 Å². The Morgan fingerprint density at radius 1 is 1.53 bits per heavy atom. The molecule has 6 nitrogen and oxygen atoms in total. The predicted molar refractivity (Wildman–Crippen MR) is 61.3 cm³/mol. The number of nitrogens with two attached hydrogens (primary N) is 1. The van der Waals surface area contributed by atoms with Gasteiger partial charge in [0.15, 0.2) is 5.82 Å². The first kappa shape index (κ1) is 11.4. The van der Waals surface area contributed by atoms with E-state index in [2.05, 4.69) is 20.0 Å². The van der Waals surface area contributed by atoms with E-state index in [-0.39, 0.29) is 17.5 Å². The van der Waals surface area contributed by atoms with Gasteiger partial charge in [0.25, 0.3) is 5.91 Å². The highest BCUT2D eigenvalue weighted by molar-refractivity contribution is 6.36. The highest BCUT2D eigenvalue weighted by atomic mass is 35.5. The maximum Gasteiger partial charge on any atom is 0.253 e. The van der Waals surface area contributed by atoms with Crippen LogP contribution in [0.15, 0.2) is 29.1 Å². The van der Waals surface area contributed by atoms with E-state index in [1.807, 2.05) is 0 Å². The molecule has 88 valence electrons. The molecular weight excluding hydrogens is 244 g/mol. The fraction of sp³-hybridized carbons (Fsp3) is 0.100. The Bertz CT molecular complexity index is 527. The molecule has 0 spiro atoms. The van der Waals surface area contributed by atoms with Gasteiger partial charge in [0.05, 0.1) is 22.8 Å². The Labute approximate surface area is 102 Å². The van der Waals surface area contributed by atoms with Gasteiger partial charge in [-0.1, -0.05) is 22.8 Å². The third-order valence-electron chi connectivity index (χ3n) is 2.09. The molecule has 2 rings (SSSR count). The molecule has 1 aromatic carbocycles. The zero-order chi connectivity index (χ0) is 12.3. The summed E-state index contributed by atoms with van der Waals surface area (Å²) in [4.78, 5) is 15.5. The van der Waals surface area contributed by atoms with Crippen molar-refractivity contribution in [1.29, 1.82) is 0 Å². The van der Waals surface area contributed by atoms with Crippen LogP contribution in [0.2, 0.25) is 5.02 Å². The van der Waals surface area contributed by atoms with Gasteiger partial charge in [-0.2, -0.15) is 4.98 Å². The summed E-state index contributed by atoms with van der Waals surface area (Å²) in [6.07, 6.45) is 1.19. The van der Waals surface area contributed by atoms with Crippen LogP contribution in [-0.2, 0) is 6.54 Å². The summed E-state index contributed by atoms with van der Waals surface area (Å²) in [6.45, 7) is 0.167. The second-order valence-corrected chi connectivity index (χ2v) is 3.62. The second-order valence-electron chi connectivity index (χ2n) is 3.24. The summed E-state index contributed by atoms with van der Waals surface area (Å²) < 4.78 is 4.54. The number of rotatable bonds is 3. The minimum absolute atomic E-state index is 0.167. The maximum absolute atomic E-state index is 11.8. The van der Waals surface area contributed by atoms with Crippen molar-refractivity contribution in [2.75, 3.05) is 5.73 Å². The monoisotopic (exact) mass is 252 g/mol. The van der Waals surface area contributed by atoms with Crippen LogP contribution in [0.4, 0.5) is 5.69 Å². The van der Waals surface area contributed by atoms with Gasteiger partial charge in [0.1, 0.15) is 0 Å². The molecule has 0 atom stereocenters. The number of nitrogens with zero attached hydrogens (tertiary/aromatic N) is 2. The Kier molecular flexibility index (Phi) is 3.24. The van der Waals surface area contributed by atoms with Crippen molar-refractivity contribution in [2.45, 2.75) is 6.54 Å². The van der Waals surface area contributed by atoms with Gasteiger partial charge in [-0.15, -0.1) is 0 Å². The molecule has 2 aromatic rings. The molecule has 1 aromatic heterocycles. The molecule has 17 heavy (non-hydrogen) atoms. The Morgan fingerprint density at radius 2 is 2.35 bits per heavy atom. The zero-order valence-corrected chi connectivity index (χ0v) is 9.44. The molecule has 0 radical (unpaired) electrons. The first-order valence-electron chi connectivity index (χ1n) is 4.76. The number of anilines is 1. The fourth-order valence-corrected chi connectivity index (χ4v) is 1.46. The third kappa shape index (κ3) is 2.54. The molecule has 0 aliphatic heterocycles. The number of aromatic nitrogens is 2. The van der Waals surface area contributed by atoms with E-state index < -0.39 is 0 Å². The minimum Gasteiger partial charge on any atom is -0.398 e. The fourth-order valence-electron chi connectivity index (χ4n) is 1.25. The van der Waals surface area contributed by atoms with Crippen LogP contribution >= 0.6 is 11.6 Å². The van der Waals surface area contributed by atoms with E-state index in [9.17, 15) is 4.79 Å². The van der Waals surface area contributed by atoms with E-state index in [4.69, 9.17) is 17.3 Å². The largest absolute Gasteiger partial charge is 0.398 e. The number of hydrogen-bond donors (Lipinski definition) is 2. The Balaban J connectivity index is 2.07. The van der Waals surface area contributed by atoms with Crippen LogP contribution < -0.4 is 11.1 Å². The molecule has 0 unspecified atom stereocenters. The van der Waals surface area contributed by atoms with Gasteiger partial charge in [0.2, 0.25) is 6.39 Å². The highest BCUT2D eigenvalue weighted by Crippen LogP contribution is 2.22. The SMILES string of the molecule is Nc1cccc(C(=O)NCc2ncon2)c1Cl. The van der Waals surface area contributed by atoms with E-state index >= 15 is 0 Å². The minimum atomic E-state index is -0.341. The van der Waals surface area contributed by atoms with Crippen LogP contribution in [0.3, 0.4) is 0 Å². The van der Waals surface area contributed by atoms with Crippen molar-refractivity contribution in [2.24, 2.45) is 0 Å². The topological polar surface area (TPSA) is 94.0 Å². The Morgan fingerprint density at radius 3 is 3.06 bits per heavy atom. The summed E-state index contributed by atoms with van der Waals surface area (Å²) in [6, 6.07) is 4.87. The van der Waals surface area contributed by atoms with Gasteiger partial charge in [-0.3, -0.25) is 4.79 Å². The molecule has 1 heterocycles. The average molecular weight is 253 g/mol. The summed E-state index contributed by atoms with van der Waals surface area (Å²) >= 11 is 5.91. The van der Waals surface area contributed by atoms with Crippen molar-refractivity contribution < 1.29 is 9.32 Å². The first-order chi connectivity index (χ1) is 8.18. The molecular formula is C10H9ClN4O2. The average Bonchev–Trinajstić information content (AvgIpc) is 2.82. The number of halogens is 1. The van der Waals surface area contributed by atoms with Crippen LogP contribution in [0.1, 0.15) is 16.2 Å². The zero-order valence-electron chi connectivity index (χ0n) is 8.68. The standard InChI is InChI=1S/C10H9ClN4O2/c11-9-6(2-1-3-7(9)12)10(16)13-4-8-14-5-17-15-8/h1-3,5H,4,12H2,(H,13,16). The summed E-state index contributed by atoms with van der Waals surface area (Å²) in [5, 5.41) is 6.40. The molecule has 0 aliphatic rings. The molecule has 7 heteroatoms. The van der Waals surface area contributed by atoms with Crippen molar-refractivity contribution in [3.8, 4) is 0 Å². The van der Waals surface area contributed by atoms with Crippen LogP contribution in [-0.4, -0.2) is 16.0 Å². The van der Waals surface area contributed by atoms with Crippen molar-refractivity contribution in [3.63, 3.8) is 0 Å². The lowest BCUT2D eigenvalue weighted by Gasteiger charge is -2.06. The summed E-state index contributed by atoms with van der Waals surface area (Å²) in [5.41, 5.74) is 6.27. The van der Waals surface area contributed by atoms with E-state index in [0.717, 1.165) is 0 Å². The lowest BCUT2D eigenvalue weighted by atomic mass is 10.2. The molecule has 0 bridgehead atoms. The summed E-state index contributed by atoms with van der Waals surface area (Å²) in [5.74, 6) is 0.0467. The number of carbonyl (C=O) groups is 1. The second kappa shape index (κ2) is 4.84. The quantitative estimate of drug-likeness (QED) is 0.802. The van der Waals surface area contributed by atoms with E-state index in [0.29, 0.717) is 17.1 Å². The normalized spacial score (nSPS) is 10.2. The predicted octanol–water partition coefficient (Wildman–Crippen LogP) is 1.24. The molecule has 0 saturated carbocycles. The molecule has 0 fully saturated rings. The number of carbonyl (C=O) groups excluding carboxylic acids is 1. The third-order valence-corrected chi connectivity index (χ3v) is 2.51. The van der Waals surface area contributed by atoms with Gasteiger partial charge in [0, 0.05) is 0 Å². The van der Waals surface area contributed by atoms with Gasteiger partial charge < -0.3 is 15.6 Å². The van der Waals surface area contributed by atoms with Gasteiger partial charge >= 0.3 is 0 Å². The van der Waals surface area contributed by atoms with Gasteiger partial charge in [-0.25, -0.2) is 0 Å². The van der Waals surface area contributed by atoms with Crippen molar-refractivity contribution in [1.82, 2.24) is 15.5 Å². The molecule has 0 saturated heterocycles. The number of nitrogen functional groups attached to an aromatic ring is 1. The number of benzene rings is 1. The van der Waals surface area contributed by atoms with Gasteiger partial charge in [-0.05, 0) is 12.1 Å². The van der Waals surface area contributed by atoms with Crippen LogP contribution in [0.5, 0.6) is 0 Å².